The van der Waals surface area contributed by atoms with Gasteiger partial charge in [0.1, 0.15) is 11.5 Å². The van der Waals surface area contributed by atoms with Crippen molar-refractivity contribution in [3.05, 3.63) is 93.5 Å². The van der Waals surface area contributed by atoms with Gasteiger partial charge < -0.3 is 9.47 Å². The fourth-order valence-corrected chi connectivity index (χ4v) is 2.72. The van der Waals surface area contributed by atoms with Crippen LogP contribution in [0.2, 0.25) is 10.0 Å². The highest BCUT2D eigenvalue weighted by atomic mass is 35.5. The summed E-state index contributed by atoms with van der Waals surface area (Å²) in [5, 5.41) is 4.55. The number of hydrogen-bond donors (Lipinski definition) is 1. The lowest BCUT2D eigenvalue weighted by atomic mass is 10.2. The summed E-state index contributed by atoms with van der Waals surface area (Å²) in [7, 11) is 1.55. The minimum atomic E-state index is -0.500. The van der Waals surface area contributed by atoms with Crippen molar-refractivity contribution in [2.24, 2.45) is 5.10 Å². The Morgan fingerprint density at radius 1 is 0.900 bits per heavy atom. The Kier molecular flexibility index (Phi) is 7.06. The Morgan fingerprint density at radius 2 is 1.63 bits per heavy atom. The monoisotopic (exact) mass is 442 g/mol. The van der Waals surface area contributed by atoms with Crippen molar-refractivity contribution in [3.8, 4) is 11.5 Å². The fraction of sp³-hybridized carbons (Fsp3) is 0.0455. The molecule has 3 aromatic carbocycles. The molecule has 0 aliphatic heterocycles. The highest BCUT2D eigenvalue weighted by Crippen LogP contribution is 2.22. The molecular weight excluding hydrogens is 427 g/mol. The summed E-state index contributed by atoms with van der Waals surface area (Å²) in [4.78, 5) is 24.4. The van der Waals surface area contributed by atoms with Crippen molar-refractivity contribution in [1.82, 2.24) is 5.43 Å². The Labute approximate surface area is 183 Å². The first-order valence-electron chi connectivity index (χ1n) is 8.71. The molecule has 0 spiro atoms. The molecule has 3 aromatic rings. The van der Waals surface area contributed by atoms with Crippen LogP contribution in [0.15, 0.2) is 71.8 Å². The number of hydrogen-bond acceptors (Lipinski definition) is 5. The number of amides is 1. The predicted octanol–water partition coefficient (Wildman–Crippen LogP) is 4.99. The maximum Gasteiger partial charge on any atom is 0.343 e. The van der Waals surface area contributed by atoms with Gasteiger partial charge in [-0.2, -0.15) is 5.10 Å². The third kappa shape index (κ3) is 5.59. The van der Waals surface area contributed by atoms with Gasteiger partial charge in [-0.1, -0.05) is 35.3 Å². The fourth-order valence-electron chi connectivity index (χ4n) is 2.42. The average molecular weight is 443 g/mol. The van der Waals surface area contributed by atoms with Gasteiger partial charge in [0.05, 0.1) is 28.9 Å². The normalized spacial score (nSPS) is 10.6. The van der Waals surface area contributed by atoms with E-state index in [2.05, 4.69) is 10.5 Å². The third-order valence-corrected chi connectivity index (χ3v) is 4.69. The minimum absolute atomic E-state index is 0.277. The van der Waals surface area contributed by atoms with Crippen LogP contribution < -0.4 is 14.9 Å². The molecule has 152 valence electrons. The van der Waals surface area contributed by atoms with Gasteiger partial charge in [-0.15, -0.1) is 0 Å². The van der Waals surface area contributed by atoms with Crippen LogP contribution in [-0.4, -0.2) is 25.2 Å². The van der Waals surface area contributed by atoms with E-state index in [0.717, 1.165) is 0 Å². The minimum Gasteiger partial charge on any atom is -0.497 e. The smallest absolute Gasteiger partial charge is 0.343 e. The van der Waals surface area contributed by atoms with Crippen molar-refractivity contribution in [1.29, 1.82) is 0 Å². The van der Waals surface area contributed by atoms with Gasteiger partial charge in [0.15, 0.2) is 0 Å². The molecule has 0 heterocycles. The van der Waals surface area contributed by atoms with E-state index < -0.39 is 11.9 Å². The lowest BCUT2D eigenvalue weighted by Gasteiger charge is -2.06. The van der Waals surface area contributed by atoms with E-state index in [4.69, 9.17) is 32.7 Å². The maximum atomic E-state index is 12.3. The molecule has 0 saturated carbocycles. The van der Waals surface area contributed by atoms with Crippen LogP contribution in [-0.2, 0) is 0 Å². The third-order valence-electron chi connectivity index (χ3n) is 3.96. The number of rotatable bonds is 6. The first-order chi connectivity index (χ1) is 14.5. The molecule has 0 aliphatic rings. The van der Waals surface area contributed by atoms with Gasteiger partial charge in [0.2, 0.25) is 0 Å². The Balaban J connectivity index is 1.62. The second kappa shape index (κ2) is 9.91. The van der Waals surface area contributed by atoms with Crippen molar-refractivity contribution in [2.45, 2.75) is 0 Å². The number of halogens is 2. The van der Waals surface area contributed by atoms with E-state index in [1.54, 1.807) is 55.6 Å². The van der Waals surface area contributed by atoms with Crippen molar-refractivity contribution >= 4 is 41.3 Å². The summed E-state index contributed by atoms with van der Waals surface area (Å²) in [5.41, 5.74) is 3.74. The van der Waals surface area contributed by atoms with Gasteiger partial charge >= 0.3 is 5.97 Å². The second-order valence-corrected chi connectivity index (χ2v) is 6.83. The lowest BCUT2D eigenvalue weighted by Crippen LogP contribution is -2.17. The van der Waals surface area contributed by atoms with Crippen LogP contribution in [0.25, 0.3) is 0 Å². The molecule has 6 nitrogen and oxygen atoms in total. The quantitative estimate of drug-likeness (QED) is 0.252. The van der Waals surface area contributed by atoms with Crippen LogP contribution in [0.5, 0.6) is 11.5 Å². The standard InChI is InChI=1S/C22H16Cl2N2O4/c1-29-17-8-5-15(6-9-17)22(28)30-18-4-2-3-14(11-18)13-25-26-21(27)16-7-10-19(23)20(24)12-16/h2-13H,1H3,(H,26,27)/b25-13-. The zero-order chi connectivity index (χ0) is 21.5. The number of carbonyl (C=O) groups is 2. The second-order valence-electron chi connectivity index (χ2n) is 6.02. The van der Waals surface area contributed by atoms with Gasteiger partial charge in [-0.05, 0) is 60.2 Å². The van der Waals surface area contributed by atoms with Gasteiger partial charge in [-0.25, -0.2) is 10.2 Å². The van der Waals surface area contributed by atoms with Crippen LogP contribution >= 0.6 is 23.2 Å². The summed E-state index contributed by atoms with van der Waals surface area (Å²) in [6.07, 6.45) is 1.43. The number of benzene rings is 3. The molecule has 0 saturated heterocycles. The molecule has 3 rings (SSSR count). The number of nitrogens with zero attached hydrogens (tertiary/aromatic N) is 1. The maximum absolute atomic E-state index is 12.3. The molecule has 0 fully saturated rings. The van der Waals surface area contributed by atoms with E-state index in [0.29, 0.717) is 33.2 Å². The van der Waals surface area contributed by atoms with Gasteiger partial charge in [-0.3, -0.25) is 4.79 Å². The highest BCUT2D eigenvalue weighted by molar-refractivity contribution is 6.42. The van der Waals surface area contributed by atoms with Crippen molar-refractivity contribution in [2.75, 3.05) is 7.11 Å². The number of methoxy groups -OCH3 is 1. The Hall–Kier alpha value is -3.35. The van der Waals surface area contributed by atoms with E-state index in [9.17, 15) is 9.59 Å². The predicted molar refractivity (Wildman–Crippen MR) is 116 cm³/mol. The zero-order valence-electron chi connectivity index (χ0n) is 15.8. The first-order valence-corrected chi connectivity index (χ1v) is 9.46. The number of hydrazone groups is 1. The summed E-state index contributed by atoms with van der Waals surface area (Å²) in [5.74, 6) is 0.0508. The van der Waals surface area contributed by atoms with E-state index in [1.807, 2.05) is 0 Å². The van der Waals surface area contributed by atoms with Crippen LogP contribution in [0.3, 0.4) is 0 Å². The van der Waals surface area contributed by atoms with E-state index >= 15 is 0 Å². The zero-order valence-corrected chi connectivity index (χ0v) is 17.3. The van der Waals surface area contributed by atoms with Crippen molar-refractivity contribution in [3.63, 3.8) is 0 Å². The summed E-state index contributed by atoms with van der Waals surface area (Å²) in [6.45, 7) is 0. The summed E-state index contributed by atoms with van der Waals surface area (Å²) < 4.78 is 10.4. The number of carbonyl (C=O) groups excluding carboxylic acids is 2. The lowest BCUT2D eigenvalue weighted by molar-refractivity contribution is 0.0734. The number of esters is 1. The van der Waals surface area contributed by atoms with E-state index in [-0.39, 0.29) is 5.02 Å². The highest BCUT2D eigenvalue weighted by Gasteiger charge is 2.09. The molecule has 0 radical (unpaired) electrons. The van der Waals surface area contributed by atoms with Crippen LogP contribution in [0.4, 0.5) is 0 Å². The largest absolute Gasteiger partial charge is 0.497 e. The SMILES string of the molecule is COc1ccc(C(=O)Oc2cccc(/C=N\NC(=O)c3ccc(Cl)c(Cl)c3)c2)cc1. The van der Waals surface area contributed by atoms with Gasteiger partial charge in [0.25, 0.3) is 5.91 Å². The molecule has 30 heavy (non-hydrogen) atoms. The molecule has 1 amide bonds. The van der Waals surface area contributed by atoms with Crippen LogP contribution in [0, 0.1) is 0 Å². The van der Waals surface area contributed by atoms with Crippen LogP contribution in [0.1, 0.15) is 26.3 Å². The first kappa shape index (κ1) is 21.4. The molecule has 0 bridgehead atoms. The van der Waals surface area contributed by atoms with Crippen molar-refractivity contribution < 1.29 is 19.1 Å². The Bertz CT molecular complexity index is 1100. The van der Waals surface area contributed by atoms with E-state index in [1.165, 1.54) is 24.4 Å². The molecule has 0 unspecified atom stereocenters. The average Bonchev–Trinajstić information content (AvgIpc) is 2.76. The topological polar surface area (TPSA) is 77.0 Å². The summed E-state index contributed by atoms with van der Waals surface area (Å²) >= 11 is 11.7. The molecule has 0 aliphatic carbocycles. The van der Waals surface area contributed by atoms with Gasteiger partial charge in [0, 0.05) is 5.56 Å². The molecular formula is C22H16Cl2N2O4. The molecule has 0 aromatic heterocycles. The number of ether oxygens (including phenoxy) is 2. The number of nitrogens with one attached hydrogen (secondary N) is 1. The molecule has 8 heteroatoms. The molecule has 0 atom stereocenters. The summed E-state index contributed by atoms with van der Waals surface area (Å²) in [6, 6.07) is 17.8. The Morgan fingerprint density at radius 3 is 2.33 bits per heavy atom. The molecule has 1 N–H and O–H groups in total.